The predicted octanol–water partition coefficient (Wildman–Crippen LogP) is 3.33. The van der Waals surface area contributed by atoms with E-state index in [0.29, 0.717) is 22.5 Å². The van der Waals surface area contributed by atoms with E-state index in [9.17, 15) is 4.79 Å². The molecule has 1 atom stereocenters. The normalized spacial score (nSPS) is 22.0. The number of hydrogen-bond donors (Lipinski definition) is 0. The highest BCUT2D eigenvalue weighted by Gasteiger charge is 2.28. The number of piperazine rings is 1. The maximum atomic E-state index is 12.9. The molecule has 0 bridgehead atoms. The van der Waals surface area contributed by atoms with Gasteiger partial charge in [-0.15, -0.1) is 0 Å². The van der Waals surface area contributed by atoms with Crippen molar-refractivity contribution in [3.8, 4) is 0 Å². The minimum absolute atomic E-state index is 0.0263. The fraction of sp³-hybridized carbons (Fsp3) is 0.526. The van der Waals surface area contributed by atoms with Crippen LogP contribution in [0.5, 0.6) is 0 Å². The molecule has 0 saturated carbocycles. The molecule has 0 N–H and O–H groups in total. The van der Waals surface area contributed by atoms with Crippen LogP contribution in [0, 0.1) is 6.92 Å². The van der Waals surface area contributed by atoms with E-state index in [1.807, 2.05) is 24.0 Å². The molecule has 25 heavy (non-hydrogen) atoms. The van der Waals surface area contributed by atoms with Gasteiger partial charge >= 0.3 is 0 Å². The second-order valence-electron chi connectivity index (χ2n) is 6.92. The van der Waals surface area contributed by atoms with Crippen LogP contribution in [0.25, 0.3) is 11.0 Å². The smallest absolute Gasteiger partial charge is 0.289 e. The summed E-state index contributed by atoms with van der Waals surface area (Å²) in [4.78, 5) is 17.2. The van der Waals surface area contributed by atoms with Gasteiger partial charge in [-0.1, -0.05) is 11.6 Å². The third-order valence-electron chi connectivity index (χ3n) is 5.24. The molecule has 1 aromatic carbocycles. The van der Waals surface area contributed by atoms with E-state index in [0.717, 1.165) is 56.7 Å². The van der Waals surface area contributed by atoms with E-state index in [2.05, 4.69) is 4.90 Å². The molecule has 0 radical (unpaired) electrons. The van der Waals surface area contributed by atoms with Crippen molar-refractivity contribution in [2.75, 3.05) is 39.3 Å². The lowest BCUT2D eigenvalue weighted by atomic mass is 10.1. The maximum absolute atomic E-state index is 12.9. The van der Waals surface area contributed by atoms with Gasteiger partial charge in [0.15, 0.2) is 5.76 Å². The number of furan rings is 1. The summed E-state index contributed by atoms with van der Waals surface area (Å²) in [5.41, 5.74) is 1.58. The molecule has 1 aromatic heterocycles. The number of rotatable bonds is 3. The van der Waals surface area contributed by atoms with Gasteiger partial charge in [0, 0.05) is 55.3 Å². The Balaban J connectivity index is 1.42. The second-order valence-corrected chi connectivity index (χ2v) is 7.36. The Labute approximate surface area is 152 Å². The summed E-state index contributed by atoms with van der Waals surface area (Å²) >= 11 is 6.06. The number of carbonyl (C=O) groups excluding carboxylic acids is 1. The molecular formula is C19H23ClN2O3. The number of carbonyl (C=O) groups is 1. The van der Waals surface area contributed by atoms with Crippen molar-refractivity contribution in [1.82, 2.24) is 9.80 Å². The average Bonchev–Trinajstić information content (AvgIpc) is 3.23. The van der Waals surface area contributed by atoms with E-state index < -0.39 is 0 Å². The highest BCUT2D eigenvalue weighted by molar-refractivity contribution is 6.31. The standard InChI is InChI=1S/C19H23ClN2O3/c1-13-16-11-14(20)4-5-17(16)25-18(13)19(23)22-8-6-21(7-9-22)12-15-3-2-10-24-15/h4-5,11,15H,2-3,6-10,12H2,1H3. The minimum atomic E-state index is -0.0263. The van der Waals surface area contributed by atoms with Crippen LogP contribution in [-0.2, 0) is 4.74 Å². The highest BCUT2D eigenvalue weighted by Crippen LogP contribution is 2.29. The zero-order valence-electron chi connectivity index (χ0n) is 14.5. The Kier molecular flexibility index (Phi) is 4.71. The number of hydrogen-bond acceptors (Lipinski definition) is 4. The first kappa shape index (κ1) is 16.9. The second kappa shape index (κ2) is 6.98. The van der Waals surface area contributed by atoms with E-state index in [1.54, 1.807) is 6.07 Å². The van der Waals surface area contributed by atoms with E-state index >= 15 is 0 Å². The Morgan fingerprint density at radius 3 is 2.80 bits per heavy atom. The molecule has 4 rings (SSSR count). The van der Waals surface area contributed by atoms with Crippen molar-refractivity contribution < 1.29 is 13.9 Å². The van der Waals surface area contributed by atoms with Gasteiger partial charge in [-0.25, -0.2) is 0 Å². The number of benzene rings is 1. The van der Waals surface area contributed by atoms with Crippen molar-refractivity contribution in [1.29, 1.82) is 0 Å². The first-order valence-electron chi connectivity index (χ1n) is 8.94. The SMILES string of the molecule is Cc1c(C(=O)N2CCN(CC3CCCO3)CC2)oc2ccc(Cl)cc12. The van der Waals surface area contributed by atoms with Crippen LogP contribution in [0.1, 0.15) is 29.0 Å². The van der Waals surface area contributed by atoms with Gasteiger partial charge in [-0.05, 0) is 38.0 Å². The van der Waals surface area contributed by atoms with Gasteiger partial charge in [0.05, 0.1) is 6.10 Å². The number of ether oxygens (including phenoxy) is 1. The van der Waals surface area contributed by atoms with Crippen LogP contribution >= 0.6 is 11.6 Å². The number of fused-ring (bicyclic) bond motifs is 1. The first-order chi connectivity index (χ1) is 12.1. The quantitative estimate of drug-likeness (QED) is 0.840. The number of amides is 1. The van der Waals surface area contributed by atoms with Crippen LogP contribution < -0.4 is 0 Å². The van der Waals surface area contributed by atoms with Crippen LogP contribution in [0.3, 0.4) is 0 Å². The fourth-order valence-electron chi connectivity index (χ4n) is 3.75. The van der Waals surface area contributed by atoms with Crippen LogP contribution in [0.2, 0.25) is 5.02 Å². The highest BCUT2D eigenvalue weighted by atomic mass is 35.5. The summed E-state index contributed by atoms with van der Waals surface area (Å²) in [7, 11) is 0. The summed E-state index contributed by atoms with van der Waals surface area (Å²) in [6, 6.07) is 5.46. The van der Waals surface area contributed by atoms with Gasteiger partial charge in [0.1, 0.15) is 5.58 Å². The van der Waals surface area contributed by atoms with E-state index in [1.165, 1.54) is 6.42 Å². The van der Waals surface area contributed by atoms with Gasteiger partial charge < -0.3 is 14.1 Å². The lowest BCUT2D eigenvalue weighted by Crippen LogP contribution is -2.50. The third-order valence-corrected chi connectivity index (χ3v) is 5.47. The van der Waals surface area contributed by atoms with Crippen molar-refractivity contribution in [2.24, 2.45) is 0 Å². The molecule has 1 amide bonds. The number of aryl methyl sites for hydroxylation is 1. The molecule has 2 saturated heterocycles. The number of nitrogens with zero attached hydrogens (tertiary/aromatic N) is 2. The lowest BCUT2D eigenvalue weighted by molar-refractivity contribution is 0.0417. The third kappa shape index (κ3) is 3.41. The Hall–Kier alpha value is -1.56. The Morgan fingerprint density at radius 1 is 1.28 bits per heavy atom. The van der Waals surface area contributed by atoms with Crippen molar-refractivity contribution in [2.45, 2.75) is 25.9 Å². The molecule has 0 spiro atoms. The summed E-state index contributed by atoms with van der Waals surface area (Å²) in [5, 5.41) is 1.56. The largest absolute Gasteiger partial charge is 0.451 e. The van der Waals surface area contributed by atoms with Crippen LogP contribution in [-0.4, -0.2) is 61.1 Å². The van der Waals surface area contributed by atoms with E-state index in [4.69, 9.17) is 20.8 Å². The van der Waals surface area contributed by atoms with Gasteiger partial charge in [-0.3, -0.25) is 9.69 Å². The molecule has 1 unspecified atom stereocenters. The fourth-order valence-corrected chi connectivity index (χ4v) is 3.92. The van der Waals surface area contributed by atoms with Gasteiger partial charge in [-0.2, -0.15) is 0 Å². The zero-order chi connectivity index (χ0) is 17.4. The Bertz CT molecular complexity index is 774. The molecule has 2 fully saturated rings. The molecule has 2 aromatic rings. The molecule has 3 heterocycles. The van der Waals surface area contributed by atoms with Gasteiger partial charge in [0.25, 0.3) is 5.91 Å². The van der Waals surface area contributed by atoms with Crippen molar-refractivity contribution in [3.05, 3.63) is 34.5 Å². The van der Waals surface area contributed by atoms with Crippen LogP contribution in [0.15, 0.2) is 22.6 Å². The van der Waals surface area contributed by atoms with Crippen LogP contribution in [0.4, 0.5) is 0 Å². The summed E-state index contributed by atoms with van der Waals surface area (Å²) in [5.74, 6) is 0.409. The summed E-state index contributed by atoms with van der Waals surface area (Å²) < 4.78 is 11.5. The maximum Gasteiger partial charge on any atom is 0.289 e. The summed E-state index contributed by atoms with van der Waals surface area (Å²) in [6.45, 7) is 7.00. The lowest BCUT2D eigenvalue weighted by Gasteiger charge is -2.35. The molecule has 2 aliphatic heterocycles. The number of halogens is 1. The first-order valence-corrected chi connectivity index (χ1v) is 9.31. The molecule has 0 aliphatic carbocycles. The average molecular weight is 363 g/mol. The van der Waals surface area contributed by atoms with E-state index in [-0.39, 0.29) is 5.91 Å². The monoisotopic (exact) mass is 362 g/mol. The molecular weight excluding hydrogens is 340 g/mol. The predicted molar refractivity (Wildman–Crippen MR) is 97.3 cm³/mol. The van der Waals surface area contributed by atoms with Crippen molar-refractivity contribution in [3.63, 3.8) is 0 Å². The summed E-state index contributed by atoms with van der Waals surface area (Å²) in [6.07, 6.45) is 2.68. The minimum Gasteiger partial charge on any atom is -0.451 e. The molecule has 2 aliphatic rings. The van der Waals surface area contributed by atoms with Crippen molar-refractivity contribution >= 4 is 28.5 Å². The molecule has 134 valence electrons. The topological polar surface area (TPSA) is 45.9 Å². The molecule has 6 heteroatoms. The zero-order valence-corrected chi connectivity index (χ0v) is 15.2. The van der Waals surface area contributed by atoms with Gasteiger partial charge in [0.2, 0.25) is 0 Å². The Morgan fingerprint density at radius 2 is 2.08 bits per heavy atom. The molecule has 5 nitrogen and oxygen atoms in total.